The zero-order valence-electron chi connectivity index (χ0n) is 3.97. The van der Waals surface area contributed by atoms with Gasteiger partial charge in [-0.25, -0.2) is 0 Å². The van der Waals surface area contributed by atoms with Crippen LogP contribution in [0.5, 0.6) is 0 Å². The Kier molecular flexibility index (Phi) is 4.58. The third-order valence-corrected chi connectivity index (χ3v) is 0.680. The number of hydrogen-bond donors (Lipinski definition) is 0. The van der Waals surface area contributed by atoms with Crippen LogP contribution in [0.4, 0.5) is 0 Å². The topological polar surface area (TPSA) is 18.5 Å². The van der Waals surface area contributed by atoms with E-state index in [9.17, 15) is 0 Å². The molecule has 0 saturated carbocycles. The van der Waals surface area contributed by atoms with Gasteiger partial charge < -0.3 is 0 Å². The van der Waals surface area contributed by atoms with Gasteiger partial charge in [-0.3, -0.25) is 0 Å². The molecule has 0 radical (unpaired) electrons. The van der Waals surface area contributed by atoms with E-state index in [1.165, 1.54) is 0 Å². The van der Waals surface area contributed by atoms with Gasteiger partial charge in [0.1, 0.15) is 0 Å². The normalized spacial score (nSPS) is 9.67. The van der Waals surface area contributed by atoms with E-state index in [2.05, 4.69) is 7.73 Å². The molecule has 0 aromatic rings. The van der Waals surface area contributed by atoms with Crippen molar-refractivity contribution in [1.29, 1.82) is 0 Å². The fourth-order valence-corrected chi connectivity index (χ4v) is 0.975. The summed E-state index contributed by atoms with van der Waals surface area (Å²) in [6, 6.07) is 0. The van der Waals surface area contributed by atoms with Crippen LogP contribution in [0.3, 0.4) is 0 Å². The molecule has 2 nitrogen and oxygen atoms in total. The van der Waals surface area contributed by atoms with Gasteiger partial charge in [0.05, 0.1) is 0 Å². The molecule has 0 saturated heterocycles. The molecule has 0 heterocycles. The predicted octanol–water partition coefficient (Wildman–Crippen LogP) is 0.426. The average Bonchev–Trinajstić information content (AvgIpc) is 1.35. The molecule has 0 rings (SSSR count). The van der Waals surface area contributed by atoms with Crippen molar-refractivity contribution in [3.63, 3.8) is 0 Å². The molecule has 0 aliphatic heterocycles. The van der Waals surface area contributed by atoms with Crippen LogP contribution >= 0.6 is 0 Å². The van der Waals surface area contributed by atoms with Crippen LogP contribution in [0.25, 0.3) is 0 Å². The summed E-state index contributed by atoms with van der Waals surface area (Å²) in [4.78, 5) is 4.62. The Hall–Kier alpha value is 0.842. The van der Waals surface area contributed by atoms with Gasteiger partial charge in [-0.15, -0.1) is 0 Å². The Bertz CT molecular complexity index is 30.0. The molecule has 0 aromatic heterocycles. The Morgan fingerprint density at radius 3 is 2.00 bits per heavy atom. The van der Waals surface area contributed by atoms with Gasteiger partial charge in [0.25, 0.3) is 0 Å². The second-order valence-corrected chi connectivity index (χ2v) is 1.99. The van der Waals surface area contributed by atoms with Crippen LogP contribution in [0.15, 0.2) is 0 Å². The standard InChI is InChI=1S/C3H8O2.Tl/c1-3(2)5-4;/h3-4H,1-2H3;/q;+1/p-1. The van der Waals surface area contributed by atoms with E-state index >= 15 is 0 Å². The predicted molar refractivity (Wildman–Crippen MR) is 23.1 cm³/mol. The Labute approximate surface area is 54.1 Å². The van der Waals surface area contributed by atoms with E-state index in [1.54, 1.807) is 0 Å². The maximum absolute atomic E-state index is 4.62. The molecule has 0 aliphatic rings. The van der Waals surface area contributed by atoms with Crippen molar-refractivity contribution in [1.82, 2.24) is 0 Å². The van der Waals surface area contributed by atoms with Crippen LogP contribution in [-0.2, 0) is 7.73 Å². The van der Waals surface area contributed by atoms with Crippen LogP contribution in [-0.4, -0.2) is 32.3 Å². The van der Waals surface area contributed by atoms with Crippen molar-refractivity contribution < 1.29 is 7.73 Å². The quantitative estimate of drug-likeness (QED) is 0.414. The molecule has 0 aromatic carbocycles. The van der Waals surface area contributed by atoms with Crippen LogP contribution in [0.2, 0.25) is 0 Å². The van der Waals surface area contributed by atoms with E-state index in [4.69, 9.17) is 0 Å². The zero-order valence-corrected chi connectivity index (χ0v) is 8.46. The molecule has 0 unspecified atom stereocenters. The van der Waals surface area contributed by atoms with Crippen molar-refractivity contribution in [2.75, 3.05) is 0 Å². The Morgan fingerprint density at radius 2 is 2.00 bits per heavy atom. The molecule has 0 bridgehead atoms. The fourth-order valence-electron chi connectivity index (χ4n) is 0.111. The van der Waals surface area contributed by atoms with E-state index in [0.717, 1.165) is 0 Å². The maximum atomic E-state index is 4.62. The molecule has 34 valence electrons. The van der Waals surface area contributed by atoms with Crippen molar-refractivity contribution in [3.8, 4) is 0 Å². The van der Waals surface area contributed by atoms with Crippen molar-refractivity contribution >= 4 is 26.2 Å². The molecule has 6 heavy (non-hydrogen) atoms. The van der Waals surface area contributed by atoms with E-state index in [1.807, 2.05) is 13.8 Å². The van der Waals surface area contributed by atoms with Gasteiger partial charge in [-0.2, -0.15) is 0 Å². The van der Waals surface area contributed by atoms with Crippen molar-refractivity contribution in [3.05, 3.63) is 0 Å². The monoisotopic (exact) mass is 280 g/mol. The SMILES string of the molecule is CC(C)O[O][Tl]. The first kappa shape index (κ1) is 6.84. The summed E-state index contributed by atoms with van der Waals surface area (Å²) in [6.07, 6.45) is 0.218. The minimum absolute atomic E-state index is 0.218. The molecule has 0 amide bonds. The summed E-state index contributed by atoms with van der Waals surface area (Å²) in [6.45, 7) is 3.87. The summed E-state index contributed by atoms with van der Waals surface area (Å²) in [5, 5.41) is 0. The second-order valence-electron chi connectivity index (χ2n) is 1.24. The molecule has 0 aliphatic carbocycles. The molecule has 0 fully saturated rings. The summed E-state index contributed by atoms with van der Waals surface area (Å²) < 4.78 is 4.47. The summed E-state index contributed by atoms with van der Waals surface area (Å²) >= 11 is 0.498. The van der Waals surface area contributed by atoms with Gasteiger partial charge in [0.15, 0.2) is 0 Å². The Morgan fingerprint density at radius 1 is 1.50 bits per heavy atom. The van der Waals surface area contributed by atoms with Crippen LogP contribution in [0, 0.1) is 0 Å². The van der Waals surface area contributed by atoms with E-state index in [0.29, 0.717) is 26.2 Å². The van der Waals surface area contributed by atoms with Gasteiger partial charge in [-0.05, 0) is 0 Å². The first-order valence-electron chi connectivity index (χ1n) is 1.79. The van der Waals surface area contributed by atoms with Gasteiger partial charge in [-0.1, -0.05) is 0 Å². The van der Waals surface area contributed by atoms with Crippen LogP contribution < -0.4 is 0 Å². The third kappa shape index (κ3) is 4.84. The Balaban J connectivity index is 2.63. The fraction of sp³-hybridized carbons (Fsp3) is 1.00. The zero-order chi connectivity index (χ0) is 4.99. The van der Waals surface area contributed by atoms with E-state index in [-0.39, 0.29) is 6.10 Å². The number of rotatable bonds is 2. The first-order valence-corrected chi connectivity index (χ1v) is 3.63. The third-order valence-electron chi connectivity index (χ3n) is 0.248. The van der Waals surface area contributed by atoms with Crippen LogP contribution in [0.1, 0.15) is 13.8 Å². The molecule has 0 atom stereocenters. The van der Waals surface area contributed by atoms with Crippen molar-refractivity contribution in [2.45, 2.75) is 20.0 Å². The molecule has 3 heteroatoms. The molecular formula is C3H7O2Tl. The molecular weight excluding hydrogens is 272 g/mol. The van der Waals surface area contributed by atoms with Gasteiger partial charge in [0, 0.05) is 0 Å². The van der Waals surface area contributed by atoms with Gasteiger partial charge >= 0.3 is 53.9 Å². The molecule has 0 N–H and O–H groups in total. The summed E-state index contributed by atoms with van der Waals surface area (Å²) in [7, 11) is 0. The van der Waals surface area contributed by atoms with E-state index < -0.39 is 0 Å². The number of hydrogen-bond acceptors (Lipinski definition) is 2. The molecule has 0 spiro atoms. The first-order chi connectivity index (χ1) is 2.77. The second kappa shape index (κ2) is 4.01. The summed E-state index contributed by atoms with van der Waals surface area (Å²) in [5.41, 5.74) is 0. The minimum atomic E-state index is 0.218. The van der Waals surface area contributed by atoms with Gasteiger partial charge in [0.2, 0.25) is 0 Å². The van der Waals surface area contributed by atoms with Crippen molar-refractivity contribution in [2.24, 2.45) is 0 Å². The summed E-state index contributed by atoms with van der Waals surface area (Å²) in [5.74, 6) is 0. The average molecular weight is 279 g/mol.